The summed E-state index contributed by atoms with van der Waals surface area (Å²) in [6.45, 7) is 4.08. The maximum Gasteiger partial charge on any atom is 0.233 e. The number of aromatic nitrogens is 2. The van der Waals surface area contributed by atoms with Gasteiger partial charge in [-0.25, -0.2) is 18.4 Å². The maximum atomic E-state index is 11.7. The van der Waals surface area contributed by atoms with Crippen LogP contribution in [0.1, 0.15) is 19.5 Å². The Hall–Kier alpha value is -3.41. The number of sulfone groups is 1. The molecular weight excluding hydrogens is 486 g/mol. The standard InChI is InChI=1S/C25H29N3O7S/c1-15(14-32-3)33-19-9-17(21-6-7-22(28-21)25-27-16(2)23(13-29)35-25)10-20(11-19)34-18-5-8-24(26-12-18)36(4,30)31/h5-12,15-16,23,28-29H,13-14H2,1-4H3/t15-,16+,23?/m0/s1. The zero-order valence-corrected chi connectivity index (χ0v) is 21.3. The van der Waals surface area contributed by atoms with Crippen LogP contribution in [0.3, 0.4) is 0 Å². The van der Waals surface area contributed by atoms with E-state index in [9.17, 15) is 13.5 Å². The number of ether oxygens (including phenoxy) is 4. The average molecular weight is 516 g/mol. The maximum absolute atomic E-state index is 11.7. The Balaban J connectivity index is 1.63. The van der Waals surface area contributed by atoms with E-state index in [2.05, 4.69) is 15.0 Å². The third-order valence-corrected chi connectivity index (χ3v) is 6.47. The largest absolute Gasteiger partial charge is 0.488 e. The molecule has 1 aromatic carbocycles. The van der Waals surface area contributed by atoms with E-state index in [0.29, 0.717) is 35.4 Å². The van der Waals surface area contributed by atoms with Gasteiger partial charge in [-0.2, -0.15) is 0 Å². The molecule has 10 nitrogen and oxygen atoms in total. The molecule has 1 unspecified atom stereocenters. The second-order valence-electron chi connectivity index (χ2n) is 8.58. The first-order chi connectivity index (χ1) is 17.2. The molecule has 0 spiro atoms. The van der Waals surface area contributed by atoms with Gasteiger partial charge in [0.15, 0.2) is 14.9 Å². The summed E-state index contributed by atoms with van der Waals surface area (Å²) < 4.78 is 46.3. The molecule has 1 aliphatic rings. The van der Waals surface area contributed by atoms with E-state index in [1.807, 2.05) is 38.1 Å². The van der Waals surface area contributed by atoms with Crippen molar-refractivity contribution < 1.29 is 32.5 Å². The van der Waals surface area contributed by atoms with Crippen LogP contribution < -0.4 is 9.47 Å². The molecule has 0 amide bonds. The molecule has 2 aromatic heterocycles. The van der Waals surface area contributed by atoms with Gasteiger partial charge in [0.1, 0.15) is 35.2 Å². The fourth-order valence-corrected chi connectivity index (χ4v) is 4.25. The van der Waals surface area contributed by atoms with Gasteiger partial charge in [0.25, 0.3) is 0 Å². The minimum atomic E-state index is -3.41. The Morgan fingerprint density at radius 1 is 1.11 bits per heavy atom. The van der Waals surface area contributed by atoms with Gasteiger partial charge < -0.3 is 29.0 Å². The second kappa shape index (κ2) is 10.7. The van der Waals surface area contributed by atoms with Crippen molar-refractivity contribution in [2.75, 3.05) is 26.6 Å². The number of benzene rings is 1. The number of rotatable bonds is 10. The molecule has 3 atom stereocenters. The van der Waals surface area contributed by atoms with Crippen molar-refractivity contribution in [3.8, 4) is 28.5 Å². The fraction of sp³-hybridized carbons (Fsp3) is 0.360. The van der Waals surface area contributed by atoms with Gasteiger partial charge in [0.2, 0.25) is 5.90 Å². The summed E-state index contributed by atoms with van der Waals surface area (Å²) in [4.78, 5) is 11.8. The molecule has 2 N–H and O–H groups in total. The number of hydrogen-bond acceptors (Lipinski definition) is 9. The molecule has 36 heavy (non-hydrogen) atoms. The minimum absolute atomic E-state index is 0.0327. The first-order valence-electron chi connectivity index (χ1n) is 11.4. The van der Waals surface area contributed by atoms with Gasteiger partial charge >= 0.3 is 0 Å². The Bertz CT molecular complexity index is 1340. The van der Waals surface area contributed by atoms with Gasteiger partial charge in [-0.05, 0) is 50.2 Å². The number of nitrogens with one attached hydrogen (secondary N) is 1. The van der Waals surface area contributed by atoms with Crippen molar-refractivity contribution in [1.29, 1.82) is 0 Å². The highest BCUT2D eigenvalue weighted by Crippen LogP contribution is 2.33. The lowest BCUT2D eigenvalue weighted by molar-refractivity contribution is 0.0920. The normalized spacial score (nSPS) is 18.4. The molecule has 0 bridgehead atoms. The van der Waals surface area contributed by atoms with Crippen molar-refractivity contribution >= 4 is 15.7 Å². The third kappa shape index (κ3) is 6.04. The Morgan fingerprint density at radius 3 is 2.50 bits per heavy atom. The fourth-order valence-electron chi connectivity index (χ4n) is 3.69. The van der Waals surface area contributed by atoms with E-state index in [-0.39, 0.29) is 29.9 Å². The van der Waals surface area contributed by atoms with Crippen molar-refractivity contribution in [3.05, 3.63) is 54.4 Å². The SMILES string of the molecule is COC[C@H](C)Oc1cc(Oc2ccc(S(C)(=O)=O)nc2)cc(-c2ccc(C3=N[C@H](C)C(CO)O3)[nH]2)c1. The van der Waals surface area contributed by atoms with Crippen molar-refractivity contribution in [3.63, 3.8) is 0 Å². The molecule has 0 radical (unpaired) electrons. The van der Waals surface area contributed by atoms with Gasteiger partial charge in [-0.3, -0.25) is 0 Å². The zero-order valence-electron chi connectivity index (χ0n) is 20.5. The molecule has 4 rings (SSSR count). The predicted molar refractivity (Wildman–Crippen MR) is 134 cm³/mol. The highest BCUT2D eigenvalue weighted by molar-refractivity contribution is 7.90. The second-order valence-corrected chi connectivity index (χ2v) is 10.5. The number of methoxy groups -OCH3 is 1. The van der Waals surface area contributed by atoms with Crippen LogP contribution in [-0.4, -0.2) is 74.2 Å². The Kier molecular flexibility index (Phi) is 7.62. The topological polar surface area (TPSA) is 132 Å². The van der Waals surface area contributed by atoms with Crippen LogP contribution in [0.5, 0.6) is 17.2 Å². The van der Waals surface area contributed by atoms with Crippen molar-refractivity contribution in [2.45, 2.75) is 37.1 Å². The first-order valence-corrected chi connectivity index (χ1v) is 13.2. The van der Waals surface area contributed by atoms with Crippen LogP contribution in [0.2, 0.25) is 0 Å². The van der Waals surface area contributed by atoms with Crippen molar-refractivity contribution in [1.82, 2.24) is 9.97 Å². The molecule has 1 aliphatic heterocycles. The molecule has 3 aromatic rings. The highest BCUT2D eigenvalue weighted by Gasteiger charge is 2.28. The van der Waals surface area contributed by atoms with Gasteiger partial charge in [0, 0.05) is 30.7 Å². The van der Waals surface area contributed by atoms with E-state index in [1.165, 1.54) is 12.3 Å². The molecular formula is C25H29N3O7S. The number of pyridine rings is 1. The molecule has 0 saturated heterocycles. The van der Waals surface area contributed by atoms with Crippen LogP contribution in [-0.2, 0) is 19.3 Å². The van der Waals surface area contributed by atoms with E-state index in [1.54, 1.807) is 19.2 Å². The van der Waals surface area contributed by atoms with Crippen LogP contribution in [0, 0.1) is 0 Å². The van der Waals surface area contributed by atoms with Gasteiger partial charge in [-0.15, -0.1) is 0 Å². The summed E-state index contributed by atoms with van der Waals surface area (Å²) in [5, 5.41) is 9.42. The summed E-state index contributed by atoms with van der Waals surface area (Å²) in [7, 11) is -1.81. The summed E-state index contributed by atoms with van der Waals surface area (Å²) in [6.07, 6.45) is 1.89. The summed E-state index contributed by atoms with van der Waals surface area (Å²) in [5.74, 6) is 1.86. The Labute approximate surface area is 209 Å². The van der Waals surface area contributed by atoms with E-state index in [4.69, 9.17) is 18.9 Å². The predicted octanol–water partition coefficient (Wildman–Crippen LogP) is 3.21. The van der Waals surface area contributed by atoms with E-state index >= 15 is 0 Å². The van der Waals surface area contributed by atoms with Gasteiger partial charge in [-0.1, -0.05) is 0 Å². The highest BCUT2D eigenvalue weighted by atomic mass is 32.2. The number of H-pyrrole nitrogens is 1. The summed E-state index contributed by atoms with van der Waals surface area (Å²) >= 11 is 0. The molecule has 0 saturated carbocycles. The molecule has 192 valence electrons. The number of aliphatic imine (C=N–C) groups is 1. The number of aromatic amines is 1. The lowest BCUT2D eigenvalue weighted by Crippen LogP contribution is -2.24. The lowest BCUT2D eigenvalue weighted by atomic mass is 10.1. The van der Waals surface area contributed by atoms with E-state index in [0.717, 1.165) is 17.5 Å². The molecule has 3 heterocycles. The number of aliphatic hydroxyl groups is 1. The van der Waals surface area contributed by atoms with Crippen LogP contribution in [0.4, 0.5) is 0 Å². The molecule has 0 fully saturated rings. The minimum Gasteiger partial charge on any atom is -0.488 e. The zero-order chi connectivity index (χ0) is 25.9. The molecule has 0 aliphatic carbocycles. The lowest BCUT2D eigenvalue weighted by Gasteiger charge is -2.16. The van der Waals surface area contributed by atoms with Crippen LogP contribution in [0.15, 0.2) is 58.7 Å². The van der Waals surface area contributed by atoms with Crippen LogP contribution >= 0.6 is 0 Å². The van der Waals surface area contributed by atoms with E-state index < -0.39 is 9.84 Å². The summed E-state index contributed by atoms with van der Waals surface area (Å²) in [5.41, 5.74) is 2.25. The molecule has 11 heteroatoms. The third-order valence-electron chi connectivity index (χ3n) is 5.47. The summed E-state index contributed by atoms with van der Waals surface area (Å²) in [6, 6.07) is 12.0. The van der Waals surface area contributed by atoms with Crippen molar-refractivity contribution in [2.24, 2.45) is 4.99 Å². The average Bonchev–Trinajstić information content (AvgIpc) is 3.45. The quantitative estimate of drug-likeness (QED) is 0.421. The first kappa shape index (κ1) is 25.7. The number of nitrogens with zero attached hydrogens (tertiary/aromatic N) is 2. The Morgan fingerprint density at radius 2 is 1.86 bits per heavy atom. The number of hydrogen-bond donors (Lipinski definition) is 2. The van der Waals surface area contributed by atoms with Gasteiger partial charge in [0.05, 0.1) is 25.5 Å². The monoisotopic (exact) mass is 515 g/mol. The number of aliphatic hydroxyl groups excluding tert-OH is 1. The smallest absolute Gasteiger partial charge is 0.233 e. The van der Waals surface area contributed by atoms with Crippen LogP contribution in [0.25, 0.3) is 11.3 Å².